The molecule has 0 spiro atoms. The second-order valence-corrected chi connectivity index (χ2v) is 9.36. The first kappa shape index (κ1) is 23.2. The molecule has 1 saturated heterocycles. The molecule has 2 amide bonds. The van der Waals surface area contributed by atoms with Crippen molar-refractivity contribution in [3.63, 3.8) is 0 Å². The van der Waals surface area contributed by atoms with Gasteiger partial charge >= 0.3 is 0 Å². The number of benzene rings is 2. The zero-order chi connectivity index (χ0) is 22.4. The molecule has 4 N–H and O–H groups in total. The molecular weight excluding hydrogens is 440 g/mol. The monoisotopic (exact) mass is 464 g/mol. The number of piperidine rings is 1. The van der Waals surface area contributed by atoms with E-state index < -0.39 is 15.9 Å². The van der Waals surface area contributed by atoms with E-state index in [-0.39, 0.29) is 21.4 Å². The highest BCUT2D eigenvalue weighted by Crippen LogP contribution is 2.22. The van der Waals surface area contributed by atoms with E-state index >= 15 is 0 Å². The summed E-state index contributed by atoms with van der Waals surface area (Å²) in [5.74, 6) is -0.570. The van der Waals surface area contributed by atoms with Gasteiger partial charge in [0.25, 0.3) is 5.91 Å². The number of carbonyl (C=O) groups is 2. The van der Waals surface area contributed by atoms with E-state index in [9.17, 15) is 18.0 Å². The molecule has 0 bridgehead atoms. The number of primary sulfonamides is 1. The van der Waals surface area contributed by atoms with Crippen LogP contribution in [0, 0.1) is 0 Å². The van der Waals surface area contributed by atoms with Crippen molar-refractivity contribution in [2.24, 2.45) is 5.14 Å². The van der Waals surface area contributed by atoms with Crippen LogP contribution in [-0.4, -0.2) is 44.8 Å². The van der Waals surface area contributed by atoms with Crippen LogP contribution in [0.3, 0.4) is 0 Å². The molecule has 0 saturated carbocycles. The smallest absolute Gasteiger partial charge is 0.255 e. The lowest BCUT2D eigenvalue weighted by Crippen LogP contribution is -2.32. The van der Waals surface area contributed by atoms with E-state index in [1.165, 1.54) is 31.4 Å². The maximum absolute atomic E-state index is 12.4. The number of nitrogens with zero attached hydrogens (tertiary/aromatic N) is 1. The molecule has 0 atom stereocenters. The summed E-state index contributed by atoms with van der Waals surface area (Å²) in [6, 6.07) is 10.5. The second-order valence-electron chi connectivity index (χ2n) is 7.42. The number of nitrogens with two attached hydrogens (primary N) is 1. The van der Waals surface area contributed by atoms with Crippen molar-refractivity contribution in [3.8, 4) is 0 Å². The number of anilines is 2. The fourth-order valence-corrected chi connectivity index (χ4v) is 4.44. The summed E-state index contributed by atoms with van der Waals surface area (Å²) in [5.41, 5.74) is 1.22. The van der Waals surface area contributed by atoms with Gasteiger partial charge in [-0.2, -0.15) is 0 Å². The van der Waals surface area contributed by atoms with Gasteiger partial charge < -0.3 is 15.5 Å². The van der Waals surface area contributed by atoms with Gasteiger partial charge in [-0.15, -0.1) is 0 Å². The highest BCUT2D eigenvalue weighted by atomic mass is 35.5. The van der Waals surface area contributed by atoms with Crippen molar-refractivity contribution in [1.29, 1.82) is 0 Å². The van der Waals surface area contributed by atoms with Crippen molar-refractivity contribution in [2.75, 3.05) is 30.3 Å². The van der Waals surface area contributed by atoms with Gasteiger partial charge in [0.2, 0.25) is 15.9 Å². The molecule has 0 radical (unpaired) electrons. The standard InChI is InChI=1S/C21H25ClN4O4S/c22-18-9-4-15(14-19(18)31(23,29)30)21(28)25-17-7-5-16(6-8-17)24-20(27)10-13-26-11-2-1-3-12-26/h4-9,14H,1-3,10-13H2,(H,24,27)(H,25,28)(H2,23,29,30). The Labute approximate surface area is 186 Å². The zero-order valence-electron chi connectivity index (χ0n) is 16.9. The fraction of sp³-hybridized carbons (Fsp3) is 0.333. The van der Waals surface area contributed by atoms with E-state index in [2.05, 4.69) is 15.5 Å². The van der Waals surface area contributed by atoms with Crippen molar-refractivity contribution in [2.45, 2.75) is 30.6 Å². The van der Waals surface area contributed by atoms with E-state index in [0.717, 1.165) is 25.7 Å². The number of hydrogen-bond acceptors (Lipinski definition) is 5. The molecule has 0 unspecified atom stereocenters. The van der Waals surface area contributed by atoms with E-state index in [4.69, 9.17) is 16.7 Å². The Hall–Kier alpha value is -2.46. The Morgan fingerprint density at radius 1 is 0.968 bits per heavy atom. The second kappa shape index (κ2) is 10.2. The predicted octanol–water partition coefficient (Wildman–Crippen LogP) is 3.05. The lowest BCUT2D eigenvalue weighted by molar-refractivity contribution is -0.116. The van der Waals surface area contributed by atoms with Crippen LogP contribution in [-0.2, 0) is 14.8 Å². The van der Waals surface area contributed by atoms with Crippen LogP contribution in [0.2, 0.25) is 5.02 Å². The van der Waals surface area contributed by atoms with Gasteiger partial charge in [-0.25, -0.2) is 13.6 Å². The Morgan fingerprint density at radius 3 is 2.19 bits per heavy atom. The normalized spacial score (nSPS) is 14.8. The van der Waals surface area contributed by atoms with Gasteiger partial charge in [-0.3, -0.25) is 9.59 Å². The molecule has 1 fully saturated rings. The van der Waals surface area contributed by atoms with Gasteiger partial charge in [-0.1, -0.05) is 18.0 Å². The van der Waals surface area contributed by atoms with E-state index in [1.807, 2.05) is 0 Å². The van der Waals surface area contributed by atoms with Gasteiger partial charge in [0.15, 0.2) is 0 Å². The average molecular weight is 465 g/mol. The van der Waals surface area contributed by atoms with Crippen molar-refractivity contribution in [3.05, 3.63) is 53.1 Å². The maximum atomic E-state index is 12.4. The third-order valence-electron chi connectivity index (χ3n) is 5.03. The first-order valence-electron chi connectivity index (χ1n) is 9.98. The van der Waals surface area contributed by atoms with Crippen molar-refractivity contribution >= 4 is 44.8 Å². The summed E-state index contributed by atoms with van der Waals surface area (Å²) in [6.07, 6.45) is 4.07. The quantitative estimate of drug-likeness (QED) is 0.581. The Morgan fingerprint density at radius 2 is 1.58 bits per heavy atom. The molecule has 1 aliphatic heterocycles. The molecule has 1 heterocycles. The van der Waals surface area contributed by atoms with Crippen LogP contribution < -0.4 is 15.8 Å². The minimum atomic E-state index is -4.05. The fourth-order valence-electron chi connectivity index (χ4n) is 3.37. The number of hydrogen-bond donors (Lipinski definition) is 3. The number of carbonyl (C=O) groups excluding carboxylic acids is 2. The van der Waals surface area contributed by atoms with Crippen LogP contribution in [0.25, 0.3) is 0 Å². The highest BCUT2D eigenvalue weighted by Gasteiger charge is 2.17. The Bertz CT molecular complexity index is 1050. The molecule has 0 aromatic heterocycles. The van der Waals surface area contributed by atoms with Crippen LogP contribution in [0.15, 0.2) is 47.4 Å². The summed E-state index contributed by atoms with van der Waals surface area (Å²) in [4.78, 5) is 26.6. The Balaban J connectivity index is 1.55. The summed E-state index contributed by atoms with van der Waals surface area (Å²) in [5, 5.41) is 10.6. The Kier molecular flexibility index (Phi) is 7.66. The minimum Gasteiger partial charge on any atom is -0.326 e. The van der Waals surface area contributed by atoms with Gasteiger partial charge in [0.1, 0.15) is 4.90 Å². The summed E-state index contributed by atoms with van der Waals surface area (Å²) >= 11 is 5.84. The zero-order valence-corrected chi connectivity index (χ0v) is 18.5. The molecule has 8 nitrogen and oxygen atoms in total. The van der Waals surface area contributed by atoms with Crippen LogP contribution in [0.4, 0.5) is 11.4 Å². The molecule has 0 aliphatic carbocycles. The molecule has 1 aliphatic rings. The van der Waals surface area contributed by atoms with E-state index in [1.54, 1.807) is 24.3 Å². The molecular formula is C21H25ClN4O4S. The first-order chi connectivity index (χ1) is 14.7. The van der Waals surface area contributed by atoms with Crippen LogP contribution in [0.5, 0.6) is 0 Å². The SMILES string of the molecule is NS(=O)(=O)c1cc(C(=O)Nc2ccc(NC(=O)CCN3CCCCC3)cc2)ccc1Cl. The topological polar surface area (TPSA) is 122 Å². The third-order valence-corrected chi connectivity index (χ3v) is 6.42. The highest BCUT2D eigenvalue weighted by molar-refractivity contribution is 7.89. The third kappa shape index (κ3) is 6.76. The predicted molar refractivity (Wildman–Crippen MR) is 121 cm³/mol. The summed E-state index contributed by atoms with van der Waals surface area (Å²) in [6.45, 7) is 2.85. The number of sulfonamides is 1. The summed E-state index contributed by atoms with van der Waals surface area (Å²) < 4.78 is 23.1. The first-order valence-corrected chi connectivity index (χ1v) is 11.9. The molecule has 31 heavy (non-hydrogen) atoms. The maximum Gasteiger partial charge on any atom is 0.255 e. The molecule has 2 aromatic rings. The lowest BCUT2D eigenvalue weighted by Gasteiger charge is -2.25. The number of likely N-dealkylation sites (tertiary alicyclic amines) is 1. The lowest BCUT2D eigenvalue weighted by atomic mass is 10.1. The van der Waals surface area contributed by atoms with Crippen LogP contribution in [0.1, 0.15) is 36.0 Å². The molecule has 2 aromatic carbocycles. The summed E-state index contributed by atoms with van der Waals surface area (Å²) in [7, 11) is -4.05. The molecule has 166 valence electrons. The average Bonchev–Trinajstić information content (AvgIpc) is 2.74. The minimum absolute atomic E-state index is 0.0561. The van der Waals surface area contributed by atoms with Gasteiger partial charge in [0.05, 0.1) is 5.02 Å². The largest absolute Gasteiger partial charge is 0.326 e. The number of halogens is 1. The van der Waals surface area contributed by atoms with Crippen LogP contribution >= 0.6 is 11.6 Å². The number of amides is 2. The molecule has 3 rings (SSSR count). The van der Waals surface area contributed by atoms with Crippen molar-refractivity contribution in [1.82, 2.24) is 4.90 Å². The van der Waals surface area contributed by atoms with Crippen molar-refractivity contribution < 1.29 is 18.0 Å². The van der Waals surface area contributed by atoms with Gasteiger partial charge in [0, 0.05) is 29.9 Å². The van der Waals surface area contributed by atoms with E-state index in [0.29, 0.717) is 17.8 Å². The molecule has 10 heteroatoms. The van der Waals surface area contributed by atoms with Gasteiger partial charge in [-0.05, 0) is 68.4 Å². The number of rotatable bonds is 7. The number of nitrogens with one attached hydrogen (secondary N) is 2.